The summed E-state index contributed by atoms with van der Waals surface area (Å²) >= 11 is 0. The van der Waals surface area contributed by atoms with Crippen LogP contribution in [0.25, 0.3) is 0 Å². The summed E-state index contributed by atoms with van der Waals surface area (Å²) in [6.45, 7) is 2.26. The van der Waals surface area contributed by atoms with Gasteiger partial charge in [-0.1, -0.05) is 24.3 Å². The van der Waals surface area contributed by atoms with Crippen molar-refractivity contribution in [1.82, 2.24) is 19.6 Å². The first-order valence-electron chi connectivity index (χ1n) is 15.9. The van der Waals surface area contributed by atoms with Crippen LogP contribution in [0.4, 0.5) is 15.3 Å². The molecule has 2 saturated heterocycles. The molecule has 7 rings (SSSR count). The molecule has 4 aliphatic heterocycles. The summed E-state index contributed by atoms with van der Waals surface area (Å²) in [5.74, 6) is -1.42. The number of anilines is 1. The van der Waals surface area contributed by atoms with Gasteiger partial charge in [0, 0.05) is 22.4 Å². The molecule has 2 atom stereocenters. The quantitative estimate of drug-likeness (QED) is 0.355. The van der Waals surface area contributed by atoms with Gasteiger partial charge in [0.2, 0.25) is 0 Å². The second-order valence-corrected chi connectivity index (χ2v) is 11.9. The highest BCUT2D eigenvalue weighted by Crippen LogP contribution is 2.58. The number of esters is 2. The van der Waals surface area contributed by atoms with Crippen LogP contribution in [0.1, 0.15) is 46.5 Å². The van der Waals surface area contributed by atoms with Crippen LogP contribution in [0.15, 0.2) is 60.7 Å². The molecule has 5 amide bonds. The minimum atomic E-state index is -2.30. The number of benzene rings is 3. The lowest BCUT2D eigenvalue weighted by Gasteiger charge is -2.43. The highest BCUT2D eigenvalue weighted by atomic mass is 16.6. The summed E-state index contributed by atoms with van der Waals surface area (Å²) in [7, 11) is 2.96. The number of carbonyl (C=O) groups is 5. The van der Waals surface area contributed by atoms with Gasteiger partial charge >= 0.3 is 24.0 Å². The van der Waals surface area contributed by atoms with Crippen molar-refractivity contribution >= 4 is 35.6 Å². The average Bonchev–Trinajstić information content (AvgIpc) is 3.27. The van der Waals surface area contributed by atoms with Crippen LogP contribution in [-0.4, -0.2) is 88.3 Å². The number of nitrogens with zero attached hydrogens (tertiary/aromatic N) is 4. The summed E-state index contributed by atoms with van der Waals surface area (Å²) in [5, 5.41) is 2.88. The van der Waals surface area contributed by atoms with E-state index < -0.39 is 35.3 Å². The van der Waals surface area contributed by atoms with Gasteiger partial charge in [-0.3, -0.25) is 24.4 Å². The predicted octanol–water partition coefficient (Wildman–Crippen LogP) is 3.68. The molecule has 0 aliphatic carbocycles. The van der Waals surface area contributed by atoms with E-state index in [0.717, 1.165) is 0 Å². The normalized spacial score (nSPS) is 21.6. The monoisotopic (exact) mass is 669 g/mol. The van der Waals surface area contributed by atoms with Crippen LogP contribution in [0, 0.1) is 0 Å². The van der Waals surface area contributed by atoms with Crippen molar-refractivity contribution < 1.29 is 42.9 Å². The maximum atomic E-state index is 14.9. The van der Waals surface area contributed by atoms with Gasteiger partial charge in [0.1, 0.15) is 11.5 Å². The molecule has 1 N–H and O–H groups in total. The Bertz CT molecular complexity index is 1900. The summed E-state index contributed by atoms with van der Waals surface area (Å²) in [6, 6.07) is 15.8. The van der Waals surface area contributed by atoms with Crippen molar-refractivity contribution in [2.75, 3.05) is 32.8 Å². The number of fused-ring (bicyclic) bond motifs is 2. The van der Waals surface area contributed by atoms with E-state index in [9.17, 15) is 24.0 Å². The summed E-state index contributed by atoms with van der Waals surface area (Å²) < 4.78 is 22.7. The van der Waals surface area contributed by atoms with Crippen LogP contribution < -0.4 is 14.8 Å². The third-order valence-electron chi connectivity index (χ3n) is 9.67. The minimum Gasteiger partial charge on any atom is -0.496 e. The van der Waals surface area contributed by atoms with Gasteiger partial charge in [-0.25, -0.2) is 19.2 Å². The lowest BCUT2D eigenvalue weighted by molar-refractivity contribution is -0.191. The summed E-state index contributed by atoms with van der Waals surface area (Å²) in [5.41, 5.74) is -1.49. The van der Waals surface area contributed by atoms with E-state index in [1.165, 1.54) is 33.8 Å². The van der Waals surface area contributed by atoms with E-state index in [-0.39, 0.29) is 45.3 Å². The first-order valence-corrected chi connectivity index (χ1v) is 15.9. The molecule has 14 heteroatoms. The van der Waals surface area contributed by atoms with E-state index in [4.69, 9.17) is 18.9 Å². The largest absolute Gasteiger partial charge is 0.496 e. The molecule has 0 unspecified atom stereocenters. The smallest absolute Gasteiger partial charge is 0.358 e. The highest BCUT2D eigenvalue weighted by molar-refractivity contribution is 6.10. The van der Waals surface area contributed by atoms with Crippen molar-refractivity contribution in [3.8, 4) is 11.5 Å². The first kappa shape index (κ1) is 31.8. The van der Waals surface area contributed by atoms with Crippen LogP contribution >= 0.6 is 0 Å². The second-order valence-electron chi connectivity index (χ2n) is 11.9. The predicted molar refractivity (Wildman–Crippen MR) is 172 cm³/mol. The fourth-order valence-electron chi connectivity index (χ4n) is 7.64. The zero-order valence-corrected chi connectivity index (χ0v) is 27.5. The van der Waals surface area contributed by atoms with E-state index in [1.54, 1.807) is 68.4 Å². The number of urea groups is 2. The number of methoxy groups -OCH3 is 2. The molecule has 0 aromatic heterocycles. The van der Waals surface area contributed by atoms with Gasteiger partial charge in [0.25, 0.3) is 17.2 Å². The van der Waals surface area contributed by atoms with Gasteiger partial charge < -0.3 is 24.3 Å². The average molecular weight is 670 g/mol. The Morgan fingerprint density at radius 3 is 1.65 bits per heavy atom. The number of hydrogen-bond acceptors (Lipinski definition) is 9. The molecular weight excluding hydrogens is 634 g/mol. The van der Waals surface area contributed by atoms with Crippen molar-refractivity contribution in [3.63, 3.8) is 0 Å². The van der Waals surface area contributed by atoms with Gasteiger partial charge in [-0.15, -0.1) is 0 Å². The lowest BCUT2D eigenvalue weighted by atomic mass is 9.90. The highest BCUT2D eigenvalue weighted by Gasteiger charge is 2.87. The van der Waals surface area contributed by atoms with Crippen LogP contribution in [0.3, 0.4) is 0 Å². The van der Waals surface area contributed by atoms with Crippen molar-refractivity contribution in [2.24, 2.45) is 0 Å². The molecule has 0 saturated carbocycles. The molecule has 4 heterocycles. The topological polar surface area (TPSA) is 147 Å². The van der Waals surface area contributed by atoms with Crippen LogP contribution in [0.5, 0.6) is 11.5 Å². The molecule has 3 aromatic carbocycles. The SMILES string of the molecule is CCOC(=O)[C@@]12N3Cc4ccc(NC(=O)c5ccccc5)cc4CN1C(=O)N1Cc4c(OC)ccc(OC)c4CN(C3=O)[C@@]12C(=O)OCC. The summed E-state index contributed by atoms with van der Waals surface area (Å²) in [6.07, 6.45) is 0. The molecule has 4 aliphatic rings. The van der Waals surface area contributed by atoms with Crippen molar-refractivity contribution in [1.29, 1.82) is 0 Å². The van der Waals surface area contributed by atoms with Crippen molar-refractivity contribution in [3.05, 3.63) is 88.5 Å². The minimum absolute atomic E-state index is 0.0893. The molecule has 3 aromatic rings. The Kier molecular flexibility index (Phi) is 7.60. The number of hydrogen-bond donors (Lipinski definition) is 1. The lowest BCUT2D eigenvalue weighted by Crippen LogP contribution is -2.75. The van der Waals surface area contributed by atoms with E-state index in [2.05, 4.69) is 5.32 Å². The zero-order valence-electron chi connectivity index (χ0n) is 27.5. The maximum Gasteiger partial charge on any atom is 0.358 e. The fraction of sp³-hybridized carbons (Fsp3) is 0.343. The Labute approximate surface area is 282 Å². The number of ether oxygens (including phenoxy) is 4. The third kappa shape index (κ3) is 4.22. The van der Waals surface area contributed by atoms with Gasteiger partial charge in [0.05, 0.1) is 53.6 Å². The van der Waals surface area contributed by atoms with E-state index in [0.29, 0.717) is 45.0 Å². The Morgan fingerprint density at radius 2 is 1.16 bits per heavy atom. The standard InChI is InChI=1S/C35H35N5O9/c1-5-48-30(42)34-35(31(43)49-6-2)39-19-25-26(28(47-4)15-14-27(25)46-3)20-40(35)33(45)38(34)18-23-16-24(13-12-22(23)17-37(34)32(39)44)36-29(41)21-10-8-7-9-11-21/h7-16H,5-6,17-20H2,1-4H3,(H,36,41)/t34-,35+/m1/s1. The molecule has 0 radical (unpaired) electrons. The number of nitrogens with one attached hydrogen (secondary N) is 1. The van der Waals surface area contributed by atoms with Gasteiger partial charge in [-0.05, 0) is 61.4 Å². The molecule has 2 fully saturated rings. The molecule has 0 spiro atoms. The first-order chi connectivity index (χ1) is 23.7. The van der Waals surface area contributed by atoms with Gasteiger partial charge in [-0.2, -0.15) is 0 Å². The van der Waals surface area contributed by atoms with E-state index >= 15 is 0 Å². The zero-order chi connectivity index (χ0) is 34.7. The Balaban J connectivity index is 1.44. The molecule has 0 bridgehead atoms. The second kappa shape index (κ2) is 11.7. The number of rotatable bonds is 8. The molecule has 14 nitrogen and oxygen atoms in total. The van der Waals surface area contributed by atoms with Crippen LogP contribution in [-0.2, 0) is 45.2 Å². The van der Waals surface area contributed by atoms with Crippen molar-refractivity contribution in [2.45, 2.75) is 51.4 Å². The molecular formula is C35H35N5O9. The molecule has 49 heavy (non-hydrogen) atoms. The maximum absolute atomic E-state index is 14.9. The Hall–Kier alpha value is -5.79. The van der Waals surface area contributed by atoms with Gasteiger partial charge in [0.15, 0.2) is 0 Å². The van der Waals surface area contributed by atoms with E-state index in [1.807, 2.05) is 6.07 Å². The number of carbonyl (C=O) groups excluding carboxylic acids is 5. The van der Waals surface area contributed by atoms with Crippen LogP contribution in [0.2, 0.25) is 0 Å². The number of amides is 5. The molecule has 254 valence electrons. The fourth-order valence-corrected chi connectivity index (χ4v) is 7.64. The third-order valence-corrected chi connectivity index (χ3v) is 9.67. The summed E-state index contributed by atoms with van der Waals surface area (Å²) in [4.78, 5) is 77.0. The Morgan fingerprint density at radius 1 is 0.673 bits per heavy atom.